The summed E-state index contributed by atoms with van der Waals surface area (Å²) in [7, 11) is 1.99. The third-order valence-electron chi connectivity index (χ3n) is 2.26. The predicted molar refractivity (Wildman–Crippen MR) is 75.3 cm³/mol. The molecule has 2 aromatic heterocycles. The highest BCUT2D eigenvalue weighted by atomic mass is 79.9. The Labute approximate surface area is 113 Å². The van der Waals surface area contributed by atoms with Crippen molar-refractivity contribution in [2.45, 2.75) is 13.5 Å². The van der Waals surface area contributed by atoms with Crippen LogP contribution in [0.1, 0.15) is 10.6 Å². The van der Waals surface area contributed by atoms with E-state index in [0.29, 0.717) is 5.95 Å². The Kier molecular flexibility index (Phi) is 3.63. The van der Waals surface area contributed by atoms with Crippen LogP contribution in [0.4, 0.5) is 11.8 Å². The fraction of sp³-hybridized carbons (Fsp3) is 0.273. The highest BCUT2D eigenvalue weighted by Crippen LogP contribution is 2.22. The number of aryl methyl sites for hydroxylation is 1. The van der Waals surface area contributed by atoms with E-state index < -0.39 is 0 Å². The molecule has 0 aliphatic heterocycles. The quantitative estimate of drug-likeness (QED) is 0.947. The number of halogens is 1. The van der Waals surface area contributed by atoms with Crippen LogP contribution in [0.3, 0.4) is 0 Å². The minimum Gasteiger partial charge on any atom is -0.368 e. The summed E-state index contributed by atoms with van der Waals surface area (Å²) in [4.78, 5) is 11.6. The van der Waals surface area contributed by atoms with Crippen molar-refractivity contribution in [2.24, 2.45) is 0 Å². The SMILES string of the molecule is Cc1cc(N(C)Cc2cc(Br)cs2)nc(N)n1. The first-order valence-electron chi connectivity index (χ1n) is 5.10. The molecule has 17 heavy (non-hydrogen) atoms. The predicted octanol–water partition coefficient (Wildman–Crippen LogP) is 2.83. The number of nitrogens with zero attached hydrogens (tertiary/aromatic N) is 3. The molecule has 0 aliphatic carbocycles. The molecule has 2 aromatic rings. The number of aromatic nitrogens is 2. The van der Waals surface area contributed by atoms with E-state index in [1.807, 2.05) is 20.0 Å². The average Bonchev–Trinajstić information content (AvgIpc) is 2.62. The van der Waals surface area contributed by atoms with Crippen LogP contribution in [0.15, 0.2) is 22.0 Å². The lowest BCUT2D eigenvalue weighted by atomic mass is 10.4. The van der Waals surface area contributed by atoms with Crippen molar-refractivity contribution in [1.29, 1.82) is 0 Å². The van der Waals surface area contributed by atoms with Crippen LogP contribution in [0.5, 0.6) is 0 Å². The van der Waals surface area contributed by atoms with Gasteiger partial charge >= 0.3 is 0 Å². The summed E-state index contributed by atoms with van der Waals surface area (Å²) in [5.74, 6) is 1.17. The number of hydrogen-bond donors (Lipinski definition) is 1. The van der Waals surface area contributed by atoms with Crippen LogP contribution in [0.25, 0.3) is 0 Å². The van der Waals surface area contributed by atoms with Gasteiger partial charge in [-0.3, -0.25) is 0 Å². The van der Waals surface area contributed by atoms with Crippen LogP contribution >= 0.6 is 27.3 Å². The summed E-state index contributed by atoms with van der Waals surface area (Å²) < 4.78 is 1.12. The summed E-state index contributed by atoms with van der Waals surface area (Å²) in [6.07, 6.45) is 0. The van der Waals surface area contributed by atoms with Crippen LogP contribution < -0.4 is 10.6 Å². The number of rotatable bonds is 3. The second-order valence-electron chi connectivity index (χ2n) is 3.81. The molecule has 0 fully saturated rings. The summed E-state index contributed by atoms with van der Waals surface area (Å²) >= 11 is 5.17. The number of nitrogen functional groups attached to an aromatic ring is 1. The highest BCUT2D eigenvalue weighted by Gasteiger charge is 2.07. The molecule has 0 bridgehead atoms. The smallest absolute Gasteiger partial charge is 0.222 e. The molecule has 0 atom stereocenters. The van der Waals surface area contributed by atoms with Crippen molar-refractivity contribution < 1.29 is 0 Å². The summed E-state index contributed by atoms with van der Waals surface area (Å²) in [5.41, 5.74) is 6.52. The number of nitrogens with two attached hydrogens (primary N) is 1. The van der Waals surface area contributed by atoms with E-state index in [0.717, 1.165) is 22.5 Å². The minimum absolute atomic E-state index is 0.319. The third kappa shape index (κ3) is 3.17. The number of anilines is 2. The molecule has 90 valence electrons. The summed E-state index contributed by atoms with van der Waals surface area (Å²) in [6, 6.07) is 4.04. The monoisotopic (exact) mass is 312 g/mol. The minimum atomic E-state index is 0.319. The van der Waals surface area contributed by atoms with E-state index in [1.54, 1.807) is 11.3 Å². The highest BCUT2D eigenvalue weighted by molar-refractivity contribution is 9.10. The third-order valence-corrected chi connectivity index (χ3v) is 3.95. The molecule has 0 amide bonds. The van der Waals surface area contributed by atoms with Gasteiger partial charge < -0.3 is 10.6 Å². The van der Waals surface area contributed by atoms with Crippen molar-refractivity contribution in [3.63, 3.8) is 0 Å². The molecule has 4 nitrogen and oxygen atoms in total. The largest absolute Gasteiger partial charge is 0.368 e. The molecule has 6 heteroatoms. The lowest BCUT2D eigenvalue weighted by molar-refractivity contribution is 0.902. The first kappa shape index (κ1) is 12.3. The standard InChI is InChI=1S/C11H13BrN4S/c1-7-3-10(15-11(13)14-7)16(2)5-9-4-8(12)6-17-9/h3-4,6H,5H2,1-2H3,(H2,13,14,15). The molecule has 2 N–H and O–H groups in total. The Morgan fingerprint density at radius 3 is 2.76 bits per heavy atom. The van der Waals surface area contributed by atoms with Gasteiger partial charge in [-0.25, -0.2) is 4.98 Å². The lowest BCUT2D eigenvalue weighted by Gasteiger charge is -2.17. The van der Waals surface area contributed by atoms with Crippen LogP contribution in [-0.2, 0) is 6.54 Å². The Morgan fingerprint density at radius 2 is 2.18 bits per heavy atom. The van der Waals surface area contributed by atoms with Crippen molar-refractivity contribution in [3.8, 4) is 0 Å². The van der Waals surface area contributed by atoms with Gasteiger partial charge in [0.1, 0.15) is 5.82 Å². The molecule has 0 radical (unpaired) electrons. The van der Waals surface area contributed by atoms with Gasteiger partial charge in [-0.05, 0) is 28.9 Å². The van der Waals surface area contributed by atoms with Crippen LogP contribution in [0.2, 0.25) is 0 Å². The van der Waals surface area contributed by atoms with E-state index in [9.17, 15) is 0 Å². The molecular weight excluding hydrogens is 300 g/mol. The molecule has 2 heterocycles. The zero-order valence-corrected chi connectivity index (χ0v) is 12.0. The van der Waals surface area contributed by atoms with Crippen LogP contribution in [0, 0.1) is 6.92 Å². The first-order chi connectivity index (χ1) is 8.04. The second-order valence-corrected chi connectivity index (χ2v) is 5.72. The topological polar surface area (TPSA) is 55.0 Å². The Balaban J connectivity index is 2.16. The molecule has 0 saturated carbocycles. The van der Waals surface area contributed by atoms with Gasteiger partial charge in [-0.1, -0.05) is 0 Å². The van der Waals surface area contributed by atoms with Gasteiger partial charge in [0.15, 0.2) is 0 Å². The fourth-order valence-corrected chi connectivity index (χ4v) is 3.02. The number of thiophene rings is 1. The van der Waals surface area contributed by atoms with E-state index >= 15 is 0 Å². The van der Waals surface area contributed by atoms with Gasteiger partial charge in [0.05, 0.1) is 6.54 Å². The Bertz CT molecular complexity index is 506. The van der Waals surface area contributed by atoms with Crippen molar-refractivity contribution in [2.75, 3.05) is 17.7 Å². The van der Waals surface area contributed by atoms with E-state index in [4.69, 9.17) is 5.73 Å². The van der Waals surface area contributed by atoms with Gasteiger partial charge in [0.2, 0.25) is 5.95 Å². The van der Waals surface area contributed by atoms with E-state index in [2.05, 4.69) is 42.2 Å². The van der Waals surface area contributed by atoms with E-state index in [1.165, 1.54) is 4.88 Å². The summed E-state index contributed by atoms with van der Waals surface area (Å²) in [6.45, 7) is 2.73. The van der Waals surface area contributed by atoms with Crippen molar-refractivity contribution in [1.82, 2.24) is 9.97 Å². The molecule has 0 spiro atoms. The van der Waals surface area contributed by atoms with Gasteiger partial charge in [-0.2, -0.15) is 4.98 Å². The second kappa shape index (κ2) is 5.01. The zero-order valence-electron chi connectivity index (χ0n) is 9.64. The van der Waals surface area contributed by atoms with Gasteiger partial charge in [0, 0.05) is 33.5 Å². The normalized spacial score (nSPS) is 10.5. The first-order valence-corrected chi connectivity index (χ1v) is 6.77. The Hall–Kier alpha value is -1.14. The van der Waals surface area contributed by atoms with Crippen LogP contribution in [-0.4, -0.2) is 17.0 Å². The zero-order chi connectivity index (χ0) is 12.4. The lowest BCUT2D eigenvalue weighted by Crippen LogP contribution is -2.18. The Morgan fingerprint density at radius 1 is 1.41 bits per heavy atom. The summed E-state index contributed by atoms with van der Waals surface area (Å²) in [5, 5.41) is 2.07. The van der Waals surface area contributed by atoms with Crippen molar-refractivity contribution >= 4 is 39.0 Å². The fourth-order valence-electron chi connectivity index (χ4n) is 1.52. The van der Waals surface area contributed by atoms with Crippen molar-refractivity contribution in [3.05, 3.63) is 32.6 Å². The van der Waals surface area contributed by atoms with E-state index in [-0.39, 0.29) is 0 Å². The maximum absolute atomic E-state index is 5.64. The number of hydrogen-bond acceptors (Lipinski definition) is 5. The molecule has 0 unspecified atom stereocenters. The molecule has 0 aliphatic rings. The molecule has 0 saturated heterocycles. The maximum atomic E-state index is 5.64. The molecule has 2 rings (SSSR count). The average molecular weight is 313 g/mol. The maximum Gasteiger partial charge on any atom is 0.222 e. The van der Waals surface area contributed by atoms with Gasteiger partial charge in [-0.15, -0.1) is 11.3 Å². The molecular formula is C11H13BrN4S. The molecule has 0 aromatic carbocycles. The van der Waals surface area contributed by atoms with Gasteiger partial charge in [0.25, 0.3) is 0 Å².